The van der Waals surface area contributed by atoms with Crippen molar-refractivity contribution in [3.8, 4) is 0 Å². The fraction of sp³-hybridized carbons (Fsp3) is 0.556. The Kier molecular flexibility index (Phi) is 6.33. The Morgan fingerprint density at radius 3 is 2.56 bits per heavy atom. The third kappa shape index (κ3) is 5.43. The molecule has 1 aromatic carbocycles. The molecule has 9 heteroatoms. The zero-order chi connectivity index (χ0) is 19.4. The molecule has 1 aromatic rings. The van der Waals surface area contributed by atoms with E-state index < -0.39 is 10.8 Å². The number of hydrogen-bond donors (Lipinski definition) is 2. The normalized spacial score (nSPS) is 17.7. The molecular weight excluding hydrogens is 368 g/mol. The van der Waals surface area contributed by atoms with Crippen molar-refractivity contribution in [1.82, 2.24) is 10.2 Å². The number of nitro groups is 1. The van der Waals surface area contributed by atoms with Crippen molar-refractivity contribution in [3.05, 3.63) is 33.9 Å². The van der Waals surface area contributed by atoms with Crippen molar-refractivity contribution in [2.45, 2.75) is 36.6 Å². The number of nitrogens with one attached hydrogen (secondary N) is 1. The lowest BCUT2D eigenvalue weighted by atomic mass is 10.0. The number of nitrogens with zero attached hydrogens (tertiary/aromatic N) is 2. The molecule has 1 saturated carbocycles. The summed E-state index contributed by atoms with van der Waals surface area (Å²) in [7, 11) is 0. The van der Waals surface area contributed by atoms with Gasteiger partial charge in [-0.15, -0.1) is 11.8 Å². The highest BCUT2D eigenvalue weighted by Crippen LogP contribution is 2.31. The summed E-state index contributed by atoms with van der Waals surface area (Å²) in [5.41, 5.74) is 5.05. The van der Waals surface area contributed by atoms with Gasteiger partial charge in [0.05, 0.1) is 15.6 Å². The van der Waals surface area contributed by atoms with E-state index >= 15 is 0 Å². The van der Waals surface area contributed by atoms with Crippen LogP contribution in [0, 0.1) is 16.0 Å². The maximum Gasteiger partial charge on any atom is 0.283 e. The lowest BCUT2D eigenvalue weighted by molar-refractivity contribution is -0.387. The van der Waals surface area contributed by atoms with Gasteiger partial charge in [0.2, 0.25) is 11.8 Å². The van der Waals surface area contributed by atoms with E-state index in [2.05, 4.69) is 5.32 Å². The molecule has 2 amide bonds. The molecule has 146 valence electrons. The van der Waals surface area contributed by atoms with Crippen LogP contribution in [0.5, 0.6) is 0 Å². The molecule has 3 rings (SSSR count). The minimum absolute atomic E-state index is 0.0195. The Hall–Kier alpha value is -2.13. The van der Waals surface area contributed by atoms with E-state index in [9.17, 15) is 19.7 Å². The summed E-state index contributed by atoms with van der Waals surface area (Å²) in [6.45, 7) is 2.51. The third-order valence-corrected chi connectivity index (χ3v) is 6.08. The SMILES string of the molecule is NC(=O)c1ccc(SCC(=O)N2CCC(NCC3CC3)CC2)c([N+](=O)[O-])c1. The second-order valence-corrected chi connectivity index (χ2v) is 8.12. The number of piperidine rings is 1. The highest BCUT2D eigenvalue weighted by atomic mass is 32.2. The first kappa shape index (κ1) is 19.6. The Morgan fingerprint density at radius 2 is 1.96 bits per heavy atom. The van der Waals surface area contributed by atoms with Crippen LogP contribution in [0.1, 0.15) is 36.0 Å². The number of rotatable bonds is 8. The van der Waals surface area contributed by atoms with Crippen LogP contribution >= 0.6 is 11.8 Å². The maximum atomic E-state index is 12.5. The molecule has 2 aliphatic rings. The third-order valence-electron chi connectivity index (χ3n) is 5.03. The lowest BCUT2D eigenvalue weighted by Crippen LogP contribution is -2.45. The molecule has 0 atom stereocenters. The Morgan fingerprint density at radius 1 is 1.26 bits per heavy atom. The van der Waals surface area contributed by atoms with Crippen molar-refractivity contribution in [1.29, 1.82) is 0 Å². The van der Waals surface area contributed by atoms with Crippen molar-refractivity contribution in [2.75, 3.05) is 25.4 Å². The smallest absolute Gasteiger partial charge is 0.283 e. The first-order valence-electron chi connectivity index (χ1n) is 9.16. The number of benzene rings is 1. The molecule has 2 fully saturated rings. The molecule has 0 radical (unpaired) electrons. The summed E-state index contributed by atoms with van der Waals surface area (Å²) in [6, 6.07) is 4.56. The van der Waals surface area contributed by atoms with E-state index in [1.54, 1.807) is 0 Å². The zero-order valence-electron chi connectivity index (χ0n) is 15.1. The van der Waals surface area contributed by atoms with Gasteiger partial charge in [-0.3, -0.25) is 19.7 Å². The molecule has 8 nitrogen and oxygen atoms in total. The maximum absolute atomic E-state index is 12.5. The Bertz CT molecular complexity index is 730. The summed E-state index contributed by atoms with van der Waals surface area (Å²) in [6.07, 6.45) is 4.54. The zero-order valence-corrected chi connectivity index (χ0v) is 15.9. The van der Waals surface area contributed by atoms with Crippen LogP contribution in [0.15, 0.2) is 23.1 Å². The van der Waals surface area contributed by atoms with E-state index in [1.807, 2.05) is 4.90 Å². The minimum atomic E-state index is -0.719. The summed E-state index contributed by atoms with van der Waals surface area (Å²) in [5.74, 6) is 0.243. The van der Waals surface area contributed by atoms with Crippen molar-refractivity contribution in [3.63, 3.8) is 0 Å². The van der Waals surface area contributed by atoms with E-state index in [0.717, 1.165) is 43.1 Å². The molecule has 0 spiro atoms. The summed E-state index contributed by atoms with van der Waals surface area (Å²) in [5, 5.41) is 14.8. The molecule has 0 aromatic heterocycles. The number of amides is 2. The predicted molar refractivity (Wildman–Crippen MR) is 103 cm³/mol. The fourth-order valence-electron chi connectivity index (χ4n) is 3.15. The van der Waals surface area contributed by atoms with Gasteiger partial charge < -0.3 is 16.0 Å². The van der Waals surface area contributed by atoms with Gasteiger partial charge in [0, 0.05) is 30.8 Å². The average Bonchev–Trinajstić information content (AvgIpc) is 3.49. The van der Waals surface area contributed by atoms with Crippen LogP contribution < -0.4 is 11.1 Å². The predicted octanol–water partition coefficient (Wildman–Crippen LogP) is 1.78. The fourth-order valence-corrected chi connectivity index (χ4v) is 4.06. The molecule has 1 saturated heterocycles. The van der Waals surface area contributed by atoms with Gasteiger partial charge >= 0.3 is 0 Å². The number of thioether (sulfide) groups is 1. The van der Waals surface area contributed by atoms with Crippen molar-refractivity contribution in [2.24, 2.45) is 11.7 Å². The van der Waals surface area contributed by atoms with Crippen LogP contribution in [0.3, 0.4) is 0 Å². The van der Waals surface area contributed by atoms with Gasteiger partial charge in [0.25, 0.3) is 5.69 Å². The highest BCUT2D eigenvalue weighted by Gasteiger charge is 2.26. The molecule has 0 bridgehead atoms. The number of likely N-dealkylation sites (tertiary alicyclic amines) is 1. The Labute approximate surface area is 162 Å². The highest BCUT2D eigenvalue weighted by molar-refractivity contribution is 8.00. The van der Waals surface area contributed by atoms with Crippen LogP contribution in [0.25, 0.3) is 0 Å². The topological polar surface area (TPSA) is 119 Å². The van der Waals surface area contributed by atoms with E-state index in [0.29, 0.717) is 24.0 Å². The van der Waals surface area contributed by atoms with Crippen LogP contribution in [-0.4, -0.2) is 53.1 Å². The van der Waals surface area contributed by atoms with Gasteiger partial charge in [-0.2, -0.15) is 0 Å². The average molecular weight is 392 g/mol. The summed E-state index contributed by atoms with van der Waals surface area (Å²) in [4.78, 5) is 36.5. The molecular formula is C18H24N4O4S. The summed E-state index contributed by atoms with van der Waals surface area (Å²) < 4.78 is 0. The van der Waals surface area contributed by atoms with Gasteiger partial charge in [0.15, 0.2) is 0 Å². The number of nitro benzene ring substituents is 1. The van der Waals surface area contributed by atoms with Crippen molar-refractivity contribution < 1.29 is 14.5 Å². The molecule has 1 aliphatic heterocycles. The van der Waals surface area contributed by atoms with Gasteiger partial charge in [-0.05, 0) is 50.3 Å². The summed E-state index contributed by atoms with van der Waals surface area (Å²) >= 11 is 1.12. The van der Waals surface area contributed by atoms with Crippen molar-refractivity contribution >= 4 is 29.3 Å². The second-order valence-electron chi connectivity index (χ2n) is 7.10. The molecule has 1 heterocycles. The van der Waals surface area contributed by atoms with E-state index in [4.69, 9.17) is 5.73 Å². The number of carbonyl (C=O) groups excluding carboxylic acids is 2. The largest absolute Gasteiger partial charge is 0.366 e. The standard InChI is InChI=1S/C18H24N4O4S/c19-18(24)13-3-4-16(15(9-13)22(25)26)27-11-17(23)21-7-5-14(6-8-21)20-10-12-1-2-12/h3-4,9,12,14,20H,1-2,5-8,10-11H2,(H2,19,24). The number of primary amides is 1. The quantitative estimate of drug-likeness (QED) is 0.395. The molecule has 1 aliphatic carbocycles. The van der Waals surface area contributed by atoms with Crippen LogP contribution in [0.2, 0.25) is 0 Å². The van der Waals surface area contributed by atoms with Gasteiger partial charge in [-0.1, -0.05) is 0 Å². The van der Waals surface area contributed by atoms with Gasteiger partial charge in [-0.25, -0.2) is 0 Å². The van der Waals surface area contributed by atoms with Crippen LogP contribution in [0.4, 0.5) is 5.69 Å². The minimum Gasteiger partial charge on any atom is -0.366 e. The molecule has 3 N–H and O–H groups in total. The van der Waals surface area contributed by atoms with E-state index in [-0.39, 0.29) is 22.9 Å². The first-order chi connectivity index (χ1) is 12.9. The Balaban J connectivity index is 1.50. The number of nitrogens with two attached hydrogens (primary N) is 1. The van der Waals surface area contributed by atoms with Crippen LogP contribution in [-0.2, 0) is 4.79 Å². The monoisotopic (exact) mass is 392 g/mol. The molecule has 0 unspecified atom stereocenters. The van der Waals surface area contributed by atoms with Gasteiger partial charge in [0.1, 0.15) is 0 Å². The number of hydrogen-bond acceptors (Lipinski definition) is 6. The second kappa shape index (κ2) is 8.71. The lowest BCUT2D eigenvalue weighted by Gasteiger charge is -2.32. The first-order valence-corrected chi connectivity index (χ1v) is 10.1. The van der Waals surface area contributed by atoms with E-state index in [1.165, 1.54) is 25.0 Å². The molecule has 27 heavy (non-hydrogen) atoms. The number of carbonyl (C=O) groups is 2.